The Hall–Kier alpha value is -2.50. The van der Waals surface area contributed by atoms with Crippen molar-refractivity contribution in [3.8, 4) is 0 Å². The first-order valence-corrected chi connectivity index (χ1v) is 10.4. The van der Waals surface area contributed by atoms with Gasteiger partial charge in [0.15, 0.2) is 0 Å². The lowest BCUT2D eigenvalue weighted by Crippen LogP contribution is -2.12. The molecule has 2 fully saturated rings. The molecule has 0 amide bonds. The Balaban J connectivity index is 1.48. The Labute approximate surface area is 172 Å². The fourth-order valence-corrected chi connectivity index (χ4v) is 3.57. The van der Waals surface area contributed by atoms with E-state index in [1.807, 2.05) is 12.2 Å². The van der Waals surface area contributed by atoms with Gasteiger partial charge in [0, 0.05) is 0 Å². The van der Waals surface area contributed by atoms with Crippen LogP contribution in [0.5, 0.6) is 0 Å². The maximum atomic E-state index is 11.5. The number of carbonyl (C=O) groups excluding carboxylic acids is 4. The van der Waals surface area contributed by atoms with Gasteiger partial charge in [-0.1, -0.05) is 30.4 Å². The molecule has 0 aromatic heterocycles. The maximum Gasteiger partial charge on any atom is 0.317 e. The number of carbonyl (C=O) groups is 4. The number of esters is 4. The fourth-order valence-electron chi connectivity index (χ4n) is 3.57. The van der Waals surface area contributed by atoms with Crippen LogP contribution in [0.1, 0.15) is 64.2 Å². The first-order valence-electron chi connectivity index (χ1n) is 10.4. The Bertz CT molecular complexity index is 675. The quantitative estimate of drug-likeness (QED) is 0.199. The molecule has 0 aromatic carbocycles. The van der Waals surface area contributed by atoms with Crippen LogP contribution in [0, 0.1) is 17.8 Å². The smallest absolute Gasteiger partial charge is 0.317 e. The van der Waals surface area contributed by atoms with E-state index in [2.05, 4.69) is 34.3 Å². The Morgan fingerprint density at radius 3 is 1.93 bits per heavy atom. The van der Waals surface area contributed by atoms with Crippen molar-refractivity contribution < 1.29 is 28.7 Å². The summed E-state index contributed by atoms with van der Waals surface area (Å²) < 4.78 is 9.12. The SMILES string of the molecule is C=CC(CCCC=CCCCC=CCC1CC(=O)OC1=O)CC1CC(=O)OC1=O. The first-order chi connectivity index (χ1) is 14.0. The highest BCUT2D eigenvalue weighted by molar-refractivity contribution is 5.95. The molecule has 0 aliphatic carbocycles. The van der Waals surface area contributed by atoms with Gasteiger partial charge >= 0.3 is 23.9 Å². The molecule has 0 radical (unpaired) electrons. The summed E-state index contributed by atoms with van der Waals surface area (Å²) in [6.45, 7) is 3.84. The lowest BCUT2D eigenvalue weighted by molar-refractivity contribution is -0.154. The van der Waals surface area contributed by atoms with E-state index >= 15 is 0 Å². The van der Waals surface area contributed by atoms with Crippen LogP contribution in [-0.2, 0) is 28.7 Å². The monoisotopic (exact) mass is 402 g/mol. The summed E-state index contributed by atoms with van der Waals surface area (Å²) in [6.07, 6.45) is 17.7. The second kappa shape index (κ2) is 12.1. The van der Waals surface area contributed by atoms with Crippen LogP contribution in [0.3, 0.4) is 0 Å². The summed E-state index contributed by atoms with van der Waals surface area (Å²) in [4.78, 5) is 45.0. The van der Waals surface area contributed by atoms with Gasteiger partial charge in [0.2, 0.25) is 0 Å². The Morgan fingerprint density at radius 1 is 0.828 bits per heavy atom. The molecule has 3 atom stereocenters. The summed E-state index contributed by atoms with van der Waals surface area (Å²) in [5.74, 6) is -2.03. The van der Waals surface area contributed by atoms with Gasteiger partial charge in [0.25, 0.3) is 0 Å². The number of unbranched alkanes of at least 4 members (excludes halogenated alkanes) is 3. The summed E-state index contributed by atoms with van der Waals surface area (Å²) in [5, 5.41) is 0. The summed E-state index contributed by atoms with van der Waals surface area (Å²) in [5.41, 5.74) is 0. The van der Waals surface area contributed by atoms with Crippen LogP contribution < -0.4 is 0 Å². The lowest BCUT2D eigenvalue weighted by Gasteiger charge is -2.13. The Kier molecular flexibility index (Phi) is 9.54. The second-order valence-electron chi connectivity index (χ2n) is 7.66. The largest absolute Gasteiger partial charge is 0.393 e. The molecule has 3 unspecified atom stereocenters. The number of allylic oxidation sites excluding steroid dienone is 5. The van der Waals surface area contributed by atoms with Crippen LogP contribution in [0.15, 0.2) is 37.0 Å². The number of hydrogen-bond acceptors (Lipinski definition) is 6. The van der Waals surface area contributed by atoms with Gasteiger partial charge in [-0.3, -0.25) is 19.2 Å². The average Bonchev–Trinajstić information content (AvgIpc) is 3.17. The van der Waals surface area contributed by atoms with Gasteiger partial charge in [-0.25, -0.2) is 0 Å². The molecule has 158 valence electrons. The minimum Gasteiger partial charge on any atom is -0.393 e. The van der Waals surface area contributed by atoms with Crippen molar-refractivity contribution in [2.45, 2.75) is 64.2 Å². The lowest BCUT2D eigenvalue weighted by atomic mass is 9.89. The number of rotatable bonds is 13. The third-order valence-electron chi connectivity index (χ3n) is 5.28. The van der Waals surface area contributed by atoms with E-state index in [1.165, 1.54) is 0 Å². The topological polar surface area (TPSA) is 86.7 Å². The van der Waals surface area contributed by atoms with Gasteiger partial charge in [-0.2, -0.15) is 0 Å². The van der Waals surface area contributed by atoms with Gasteiger partial charge in [-0.15, -0.1) is 6.58 Å². The first kappa shape index (κ1) is 22.8. The van der Waals surface area contributed by atoms with Crippen LogP contribution >= 0.6 is 0 Å². The highest BCUT2D eigenvalue weighted by Crippen LogP contribution is 2.27. The fraction of sp³-hybridized carbons (Fsp3) is 0.565. The zero-order valence-electron chi connectivity index (χ0n) is 16.8. The molecule has 0 spiro atoms. The van der Waals surface area contributed by atoms with E-state index in [1.54, 1.807) is 0 Å². The standard InChI is InChI=1S/C23H30O6/c1-2-17(14-19-16-21(25)29-23(19)27)12-10-8-6-4-3-5-7-9-11-13-18-15-20(24)28-22(18)26/h2,4,6,9,11,17-19H,1,3,5,7-8,10,12-16H2. The second-order valence-corrected chi connectivity index (χ2v) is 7.66. The van der Waals surface area contributed by atoms with Crippen LogP contribution in [-0.4, -0.2) is 23.9 Å². The third-order valence-corrected chi connectivity index (χ3v) is 5.28. The van der Waals surface area contributed by atoms with Crippen LogP contribution in [0.25, 0.3) is 0 Å². The average molecular weight is 402 g/mol. The van der Waals surface area contributed by atoms with Gasteiger partial charge < -0.3 is 9.47 Å². The molecule has 6 heteroatoms. The van der Waals surface area contributed by atoms with Crippen molar-refractivity contribution in [1.29, 1.82) is 0 Å². The van der Waals surface area contributed by atoms with Gasteiger partial charge in [0.1, 0.15) is 0 Å². The normalized spacial score (nSPS) is 23.2. The zero-order chi connectivity index (χ0) is 21.1. The van der Waals surface area contributed by atoms with Gasteiger partial charge in [0.05, 0.1) is 24.7 Å². The molecule has 0 saturated carbocycles. The van der Waals surface area contributed by atoms with Crippen molar-refractivity contribution >= 4 is 23.9 Å². The van der Waals surface area contributed by atoms with E-state index < -0.39 is 23.9 Å². The maximum absolute atomic E-state index is 11.5. The third kappa shape index (κ3) is 8.18. The minimum atomic E-state index is -0.422. The predicted molar refractivity (Wildman–Crippen MR) is 107 cm³/mol. The molecule has 0 bridgehead atoms. The number of ether oxygens (including phenoxy) is 2. The van der Waals surface area contributed by atoms with Crippen molar-refractivity contribution in [3.63, 3.8) is 0 Å². The zero-order valence-corrected chi connectivity index (χ0v) is 16.8. The molecule has 2 heterocycles. The molecule has 2 saturated heterocycles. The Morgan fingerprint density at radius 2 is 1.38 bits per heavy atom. The van der Waals surface area contributed by atoms with E-state index in [4.69, 9.17) is 0 Å². The summed E-state index contributed by atoms with van der Waals surface area (Å²) in [7, 11) is 0. The molecular weight excluding hydrogens is 372 g/mol. The molecule has 0 N–H and O–H groups in total. The van der Waals surface area contributed by atoms with E-state index in [0.717, 1.165) is 38.5 Å². The molecule has 0 aromatic rings. The molecule has 2 aliphatic rings. The molecule has 6 nitrogen and oxygen atoms in total. The molecule has 2 rings (SSSR count). The highest BCUT2D eigenvalue weighted by atomic mass is 16.6. The predicted octanol–water partition coefficient (Wildman–Crippen LogP) is 4.20. The number of cyclic esters (lactones) is 4. The molecular formula is C23H30O6. The van der Waals surface area contributed by atoms with Crippen molar-refractivity contribution in [3.05, 3.63) is 37.0 Å². The van der Waals surface area contributed by atoms with Crippen molar-refractivity contribution in [2.24, 2.45) is 17.8 Å². The van der Waals surface area contributed by atoms with E-state index in [0.29, 0.717) is 12.8 Å². The summed E-state index contributed by atoms with van der Waals surface area (Å²) >= 11 is 0. The van der Waals surface area contributed by atoms with Crippen molar-refractivity contribution in [1.82, 2.24) is 0 Å². The summed E-state index contributed by atoms with van der Waals surface area (Å²) in [6, 6.07) is 0. The minimum absolute atomic E-state index is 0.195. The number of hydrogen-bond donors (Lipinski definition) is 0. The van der Waals surface area contributed by atoms with Crippen LogP contribution in [0.4, 0.5) is 0 Å². The molecule has 2 aliphatic heterocycles. The van der Waals surface area contributed by atoms with Crippen molar-refractivity contribution in [2.75, 3.05) is 0 Å². The van der Waals surface area contributed by atoms with Gasteiger partial charge in [-0.05, 0) is 57.3 Å². The molecule has 29 heavy (non-hydrogen) atoms. The van der Waals surface area contributed by atoms with E-state index in [9.17, 15) is 19.2 Å². The van der Waals surface area contributed by atoms with Crippen LogP contribution in [0.2, 0.25) is 0 Å². The van der Waals surface area contributed by atoms with E-state index in [-0.39, 0.29) is 30.6 Å². The highest BCUT2D eigenvalue weighted by Gasteiger charge is 2.34.